The number of ether oxygens (including phenoxy) is 1. The summed E-state index contributed by atoms with van der Waals surface area (Å²) in [4.78, 5) is 6.68. The molecule has 0 saturated carbocycles. The Bertz CT molecular complexity index is 354. The van der Waals surface area contributed by atoms with Crippen LogP contribution in [0.4, 0.5) is 5.69 Å². The van der Waals surface area contributed by atoms with Crippen molar-refractivity contribution >= 4 is 5.69 Å². The predicted octanol–water partition coefficient (Wildman–Crippen LogP) is 1.55. The molecular weight excluding hydrogens is 214 g/mol. The summed E-state index contributed by atoms with van der Waals surface area (Å²) >= 11 is 0. The van der Waals surface area contributed by atoms with Crippen molar-refractivity contribution in [3.63, 3.8) is 0 Å². The summed E-state index contributed by atoms with van der Waals surface area (Å²) in [6, 6.07) is 4.07. The monoisotopic (exact) mass is 235 g/mol. The van der Waals surface area contributed by atoms with E-state index in [2.05, 4.69) is 16.0 Å². The minimum atomic E-state index is 0.347. The van der Waals surface area contributed by atoms with Crippen LogP contribution < -0.4 is 10.6 Å². The first-order chi connectivity index (χ1) is 8.35. The molecule has 2 N–H and O–H groups in total. The highest BCUT2D eigenvalue weighted by atomic mass is 16.5. The molecule has 1 fully saturated rings. The van der Waals surface area contributed by atoms with Crippen molar-refractivity contribution < 1.29 is 4.74 Å². The molecule has 1 atom stereocenters. The van der Waals surface area contributed by atoms with Gasteiger partial charge in [-0.3, -0.25) is 4.98 Å². The zero-order chi connectivity index (χ0) is 12.1. The third kappa shape index (κ3) is 2.96. The minimum Gasteiger partial charge on any atom is -0.377 e. The maximum absolute atomic E-state index is 5.73. The van der Waals surface area contributed by atoms with Crippen LogP contribution in [0.2, 0.25) is 0 Å². The molecule has 4 heteroatoms. The van der Waals surface area contributed by atoms with Crippen molar-refractivity contribution in [1.82, 2.24) is 4.98 Å². The molecule has 1 aromatic heterocycles. The van der Waals surface area contributed by atoms with E-state index < -0.39 is 0 Å². The van der Waals surface area contributed by atoms with Crippen molar-refractivity contribution in [2.24, 2.45) is 5.73 Å². The molecule has 1 saturated heterocycles. The summed E-state index contributed by atoms with van der Waals surface area (Å²) in [6.07, 6.45) is 4.47. The fourth-order valence-electron chi connectivity index (χ4n) is 2.40. The number of aromatic nitrogens is 1. The number of nitrogens with zero attached hydrogens (tertiary/aromatic N) is 2. The molecule has 1 aliphatic rings. The van der Waals surface area contributed by atoms with E-state index in [-0.39, 0.29) is 0 Å². The van der Waals surface area contributed by atoms with Gasteiger partial charge in [-0.15, -0.1) is 0 Å². The number of nitrogens with two attached hydrogens (primary N) is 1. The fourth-order valence-corrected chi connectivity index (χ4v) is 2.40. The number of piperidine rings is 1. The lowest BCUT2D eigenvalue weighted by molar-refractivity contribution is 0.0526. The summed E-state index contributed by atoms with van der Waals surface area (Å²) < 4.78 is 5.71. The van der Waals surface area contributed by atoms with Crippen molar-refractivity contribution in [1.29, 1.82) is 0 Å². The smallest absolute Gasteiger partial charge is 0.0772 e. The maximum Gasteiger partial charge on any atom is 0.0772 e. The Morgan fingerprint density at radius 3 is 3.24 bits per heavy atom. The SMILES string of the molecule is CCOC1CCCN(c2cccnc2CN)C1. The van der Waals surface area contributed by atoms with Crippen LogP contribution in [0, 0.1) is 0 Å². The third-order valence-electron chi connectivity index (χ3n) is 3.18. The van der Waals surface area contributed by atoms with E-state index in [0.717, 1.165) is 31.8 Å². The first kappa shape index (κ1) is 12.3. The number of hydrogen-bond donors (Lipinski definition) is 1. The number of rotatable bonds is 4. The van der Waals surface area contributed by atoms with Crippen LogP contribution in [0.3, 0.4) is 0 Å². The van der Waals surface area contributed by atoms with E-state index in [9.17, 15) is 0 Å². The summed E-state index contributed by atoms with van der Waals surface area (Å²) in [5.74, 6) is 0. The lowest BCUT2D eigenvalue weighted by Gasteiger charge is -2.34. The summed E-state index contributed by atoms with van der Waals surface area (Å²) in [7, 11) is 0. The lowest BCUT2D eigenvalue weighted by Crippen LogP contribution is -2.40. The van der Waals surface area contributed by atoms with E-state index >= 15 is 0 Å². The minimum absolute atomic E-state index is 0.347. The molecule has 4 nitrogen and oxygen atoms in total. The van der Waals surface area contributed by atoms with Gasteiger partial charge in [0.1, 0.15) is 0 Å². The summed E-state index contributed by atoms with van der Waals surface area (Å²) in [5.41, 5.74) is 7.87. The van der Waals surface area contributed by atoms with Crippen LogP contribution in [-0.4, -0.2) is 30.8 Å². The molecule has 1 aliphatic heterocycles. The van der Waals surface area contributed by atoms with Crippen molar-refractivity contribution in [3.8, 4) is 0 Å². The molecule has 1 unspecified atom stereocenters. The second kappa shape index (κ2) is 5.98. The second-order valence-electron chi connectivity index (χ2n) is 4.34. The normalized spacial score (nSPS) is 20.6. The largest absolute Gasteiger partial charge is 0.377 e. The van der Waals surface area contributed by atoms with Gasteiger partial charge in [0.15, 0.2) is 0 Å². The zero-order valence-electron chi connectivity index (χ0n) is 10.4. The molecule has 1 aromatic rings. The average Bonchev–Trinajstić information content (AvgIpc) is 2.39. The van der Waals surface area contributed by atoms with E-state index in [1.165, 1.54) is 12.1 Å². The molecular formula is C13H21N3O. The van der Waals surface area contributed by atoms with Crippen molar-refractivity contribution in [3.05, 3.63) is 24.0 Å². The van der Waals surface area contributed by atoms with Gasteiger partial charge in [-0.1, -0.05) is 0 Å². The van der Waals surface area contributed by atoms with Gasteiger partial charge in [-0.25, -0.2) is 0 Å². The quantitative estimate of drug-likeness (QED) is 0.860. The molecule has 94 valence electrons. The Labute approximate surface area is 103 Å². The molecule has 0 aromatic carbocycles. The van der Waals surface area contributed by atoms with Gasteiger partial charge in [0.05, 0.1) is 17.5 Å². The van der Waals surface area contributed by atoms with Gasteiger partial charge < -0.3 is 15.4 Å². The Morgan fingerprint density at radius 1 is 1.59 bits per heavy atom. The van der Waals surface area contributed by atoms with Crippen molar-refractivity contribution in [2.45, 2.75) is 32.4 Å². The van der Waals surface area contributed by atoms with E-state index in [0.29, 0.717) is 12.6 Å². The third-order valence-corrected chi connectivity index (χ3v) is 3.18. The molecule has 0 aliphatic carbocycles. The lowest BCUT2D eigenvalue weighted by atomic mass is 10.1. The van der Waals surface area contributed by atoms with Crippen LogP contribution >= 0.6 is 0 Å². The first-order valence-electron chi connectivity index (χ1n) is 6.35. The molecule has 0 radical (unpaired) electrons. The van der Waals surface area contributed by atoms with Crippen LogP contribution in [0.25, 0.3) is 0 Å². The predicted molar refractivity (Wildman–Crippen MR) is 69.0 cm³/mol. The van der Waals surface area contributed by atoms with Gasteiger partial charge in [0.25, 0.3) is 0 Å². The molecule has 0 bridgehead atoms. The van der Waals surface area contributed by atoms with E-state index in [4.69, 9.17) is 10.5 Å². The topological polar surface area (TPSA) is 51.4 Å². The first-order valence-corrected chi connectivity index (χ1v) is 6.35. The van der Waals surface area contributed by atoms with Gasteiger partial charge in [-0.05, 0) is 31.9 Å². The molecule has 17 heavy (non-hydrogen) atoms. The summed E-state index contributed by atoms with van der Waals surface area (Å²) in [6.45, 7) is 5.35. The van der Waals surface area contributed by atoms with Crippen LogP contribution in [0.5, 0.6) is 0 Å². The zero-order valence-corrected chi connectivity index (χ0v) is 10.4. The number of anilines is 1. The Hall–Kier alpha value is -1.13. The molecule has 2 heterocycles. The van der Waals surface area contributed by atoms with E-state index in [1.807, 2.05) is 13.0 Å². The average molecular weight is 235 g/mol. The fraction of sp³-hybridized carbons (Fsp3) is 0.615. The summed E-state index contributed by atoms with van der Waals surface area (Å²) in [5, 5.41) is 0. The standard InChI is InChI=1S/C13H21N3O/c1-2-17-11-5-4-8-16(10-11)13-6-3-7-15-12(13)9-14/h3,6-7,11H,2,4-5,8-10,14H2,1H3. The number of pyridine rings is 1. The second-order valence-corrected chi connectivity index (χ2v) is 4.34. The molecule has 2 rings (SSSR count). The highest BCUT2D eigenvalue weighted by Crippen LogP contribution is 2.23. The Morgan fingerprint density at radius 2 is 2.47 bits per heavy atom. The molecule has 0 amide bonds. The van der Waals surface area contributed by atoms with Crippen LogP contribution in [-0.2, 0) is 11.3 Å². The van der Waals surface area contributed by atoms with E-state index in [1.54, 1.807) is 6.20 Å². The van der Waals surface area contributed by atoms with Crippen molar-refractivity contribution in [2.75, 3.05) is 24.6 Å². The van der Waals surface area contributed by atoms with Crippen LogP contribution in [0.1, 0.15) is 25.5 Å². The van der Waals surface area contributed by atoms with Gasteiger partial charge in [-0.2, -0.15) is 0 Å². The van der Waals surface area contributed by atoms with Gasteiger partial charge >= 0.3 is 0 Å². The van der Waals surface area contributed by atoms with Crippen LogP contribution in [0.15, 0.2) is 18.3 Å². The van der Waals surface area contributed by atoms with Gasteiger partial charge in [0.2, 0.25) is 0 Å². The Balaban J connectivity index is 2.10. The molecule has 0 spiro atoms. The Kier molecular flexibility index (Phi) is 4.34. The number of hydrogen-bond acceptors (Lipinski definition) is 4. The highest BCUT2D eigenvalue weighted by molar-refractivity contribution is 5.50. The highest BCUT2D eigenvalue weighted by Gasteiger charge is 2.21. The maximum atomic E-state index is 5.73. The van der Waals surface area contributed by atoms with Gasteiger partial charge in [0, 0.05) is 32.4 Å².